The topological polar surface area (TPSA) is 76.0 Å². The van der Waals surface area contributed by atoms with Crippen LogP contribution in [-0.4, -0.2) is 23.3 Å². The number of aliphatic carboxylic acids is 1. The number of aliphatic hydroxyl groups is 1. The summed E-state index contributed by atoms with van der Waals surface area (Å²) in [5.74, 6) is -0.444. The first kappa shape index (κ1) is 14.9. The second kappa shape index (κ2) is 6.76. The van der Waals surface area contributed by atoms with Crippen LogP contribution >= 0.6 is 0 Å². The summed E-state index contributed by atoms with van der Waals surface area (Å²) >= 11 is 0. The lowest BCUT2D eigenvalue weighted by Crippen LogP contribution is -2.10. The lowest BCUT2D eigenvalue weighted by atomic mass is 10.1. The second-order valence-corrected chi connectivity index (χ2v) is 4.43. The van der Waals surface area contributed by atoms with Crippen molar-refractivity contribution < 1.29 is 24.5 Å². The van der Waals surface area contributed by atoms with E-state index < -0.39 is 12.1 Å². The van der Waals surface area contributed by atoms with Crippen molar-refractivity contribution >= 4 is 5.97 Å². The monoisotopic (exact) mass is 288 g/mol. The summed E-state index contributed by atoms with van der Waals surface area (Å²) in [5, 5.41) is 18.4. The number of carboxylic acids is 1. The summed E-state index contributed by atoms with van der Waals surface area (Å²) in [6, 6.07) is 14.1. The Morgan fingerprint density at radius 2 is 1.86 bits per heavy atom. The van der Waals surface area contributed by atoms with Gasteiger partial charge in [-0.2, -0.15) is 0 Å². The highest BCUT2D eigenvalue weighted by atomic mass is 16.5. The summed E-state index contributed by atoms with van der Waals surface area (Å²) in [6.07, 6.45) is -1.59. The van der Waals surface area contributed by atoms with Gasteiger partial charge in [-0.1, -0.05) is 36.4 Å². The quantitative estimate of drug-likeness (QED) is 0.853. The van der Waals surface area contributed by atoms with Crippen molar-refractivity contribution in [2.24, 2.45) is 0 Å². The van der Waals surface area contributed by atoms with Gasteiger partial charge in [0.1, 0.15) is 6.61 Å². The van der Waals surface area contributed by atoms with Crippen molar-refractivity contribution in [1.82, 2.24) is 0 Å². The van der Waals surface area contributed by atoms with E-state index in [1.165, 1.54) is 19.2 Å². The van der Waals surface area contributed by atoms with Gasteiger partial charge in [0.15, 0.2) is 17.6 Å². The van der Waals surface area contributed by atoms with Crippen LogP contribution < -0.4 is 9.47 Å². The SMILES string of the molecule is COc1ccc([C@@H](O)C(=O)O)cc1OCc1ccccc1. The number of benzene rings is 2. The van der Waals surface area contributed by atoms with E-state index in [0.29, 0.717) is 18.1 Å². The van der Waals surface area contributed by atoms with E-state index in [4.69, 9.17) is 14.6 Å². The number of carbonyl (C=O) groups is 1. The molecule has 2 rings (SSSR count). The molecule has 2 aromatic carbocycles. The molecule has 0 aliphatic carbocycles. The van der Waals surface area contributed by atoms with Gasteiger partial charge in [-0.3, -0.25) is 0 Å². The van der Waals surface area contributed by atoms with Crippen LogP contribution in [0.3, 0.4) is 0 Å². The summed E-state index contributed by atoms with van der Waals surface area (Å²) in [6.45, 7) is 0.323. The fraction of sp³-hybridized carbons (Fsp3) is 0.188. The van der Waals surface area contributed by atoms with Gasteiger partial charge in [-0.15, -0.1) is 0 Å². The molecule has 0 aliphatic heterocycles. The molecule has 1 atom stereocenters. The number of hydrogen-bond donors (Lipinski definition) is 2. The third-order valence-electron chi connectivity index (χ3n) is 2.97. The molecular weight excluding hydrogens is 272 g/mol. The molecule has 5 heteroatoms. The fourth-order valence-electron chi connectivity index (χ4n) is 1.85. The molecule has 0 radical (unpaired) electrons. The Labute approximate surface area is 122 Å². The number of aliphatic hydroxyl groups excluding tert-OH is 1. The summed E-state index contributed by atoms with van der Waals surface area (Å²) in [7, 11) is 1.50. The Balaban J connectivity index is 2.20. The summed E-state index contributed by atoms with van der Waals surface area (Å²) in [4.78, 5) is 10.8. The average molecular weight is 288 g/mol. The van der Waals surface area contributed by atoms with Gasteiger partial charge in [0.2, 0.25) is 0 Å². The van der Waals surface area contributed by atoms with E-state index in [9.17, 15) is 9.90 Å². The summed E-state index contributed by atoms with van der Waals surface area (Å²) in [5.41, 5.74) is 1.22. The normalized spacial score (nSPS) is 11.7. The van der Waals surface area contributed by atoms with Gasteiger partial charge >= 0.3 is 5.97 Å². The zero-order chi connectivity index (χ0) is 15.2. The minimum absolute atomic E-state index is 0.242. The van der Waals surface area contributed by atoms with Crippen molar-refractivity contribution in [2.45, 2.75) is 12.7 Å². The highest BCUT2D eigenvalue weighted by Crippen LogP contribution is 2.31. The predicted molar refractivity (Wildman–Crippen MR) is 76.4 cm³/mol. The molecule has 0 aliphatic rings. The molecule has 0 saturated heterocycles. The number of carboxylic acid groups (broad SMARTS) is 1. The molecule has 0 bridgehead atoms. The first-order chi connectivity index (χ1) is 10.1. The van der Waals surface area contributed by atoms with E-state index in [0.717, 1.165) is 5.56 Å². The van der Waals surface area contributed by atoms with Crippen LogP contribution in [0, 0.1) is 0 Å². The van der Waals surface area contributed by atoms with Gasteiger partial charge < -0.3 is 19.7 Å². The first-order valence-corrected chi connectivity index (χ1v) is 6.37. The van der Waals surface area contributed by atoms with Crippen LogP contribution in [-0.2, 0) is 11.4 Å². The molecule has 21 heavy (non-hydrogen) atoms. The molecule has 0 aromatic heterocycles. The van der Waals surface area contributed by atoms with Gasteiger partial charge in [-0.05, 0) is 23.3 Å². The van der Waals surface area contributed by atoms with Gasteiger partial charge in [0.05, 0.1) is 7.11 Å². The van der Waals surface area contributed by atoms with Gasteiger partial charge in [0, 0.05) is 0 Å². The molecule has 0 unspecified atom stereocenters. The van der Waals surface area contributed by atoms with Gasteiger partial charge in [0.25, 0.3) is 0 Å². The lowest BCUT2D eigenvalue weighted by Gasteiger charge is -2.13. The fourth-order valence-corrected chi connectivity index (χ4v) is 1.85. The van der Waals surface area contributed by atoms with E-state index in [1.807, 2.05) is 30.3 Å². The van der Waals surface area contributed by atoms with Crippen molar-refractivity contribution in [3.05, 3.63) is 59.7 Å². The highest BCUT2D eigenvalue weighted by Gasteiger charge is 2.18. The predicted octanol–water partition coefficient (Wildman–Crippen LogP) is 2.39. The van der Waals surface area contributed by atoms with Crippen molar-refractivity contribution in [2.75, 3.05) is 7.11 Å². The van der Waals surface area contributed by atoms with E-state index in [1.54, 1.807) is 6.07 Å². The lowest BCUT2D eigenvalue weighted by molar-refractivity contribution is -0.146. The van der Waals surface area contributed by atoms with E-state index in [2.05, 4.69) is 0 Å². The third-order valence-corrected chi connectivity index (χ3v) is 2.97. The molecule has 0 spiro atoms. The molecule has 2 aromatic rings. The Bertz CT molecular complexity index is 609. The van der Waals surface area contributed by atoms with Crippen LogP contribution in [0.2, 0.25) is 0 Å². The number of rotatable bonds is 6. The zero-order valence-electron chi connectivity index (χ0n) is 11.5. The molecule has 0 amide bonds. The molecule has 110 valence electrons. The number of ether oxygens (including phenoxy) is 2. The average Bonchev–Trinajstić information content (AvgIpc) is 2.52. The number of methoxy groups -OCH3 is 1. The maximum Gasteiger partial charge on any atom is 0.337 e. The summed E-state index contributed by atoms with van der Waals surface area (Å²) < 4.78 is 10.8. The standard InChI is InChI=1S/C16H16O5/c1-20-13-8-7-12(15(17)16(18)19)9-14(13)21-10-11-5-3-2-4-6-11/h2-9,15,17H,10H2,1H3,(H,18,19)/t15-/m1/s1. The highest BCUT2D eigenvalue weighted by molar-refractivity contribution is 5.74. The molecule has 5 nitrogen and oxygen atoms in total. The maximum absolute atomic E-state index is 10.8. The van der Waals surface area contributed by atoms with Crippen LogP contribution in [0.5, 0.6) is 11.5 Å². The van der Waals surface area contributed by atoms with Crippen LogP contribution in [0.15, 0.2) is 48.5 Å². The van der Waals surface area contributed by atoms with E-state index >= 15 is 0 Å². The van der Waals surface area contributed by atoms with Crippen molar-refractivity contribution in [3.63, 3.8) is 0 Å². The first-order valence-electron chi connectivity index (χ1n) is 6.37. The largest absolute Gasteiger partial charge is 0.493 e. The molecule has 0 saturated carbocycles. The molecule has 2 N–H and O–H groups in total. The Hall–Kier alpha value is -2.53. The maximum atomic E-state index is 10.8. The minimum Gasteiger partial charge on any atom is -0.493 e. The third kappa shape index (κ3) is 3.73. The smallest absolute Gasteiger partial charge is 0.337 e. The Morgan fingerprint density at radius 1 is 1.14 bits per heavy atom. The molecular formula is C16H16O5. The van der Waals surface area contributed by atoms with Crippen LogP contribution in [0.1, 0.15) is 17.2 Å². The minimum atomic E-state index is -1.59. The number of hydrogen-bond acceptors (Lipinski definition) is 4. The van der Waals surface area contributed by atoms with E-state index in [-0.39, 0.29) is 5.56 Å². The Morgan fingerprint density at radius 3 is 2.48 bits per heavy atom. The second-order valence-electron chi connectivity index (χ2n) is 4.43. The van der Waals surface area contributed by atoms with Crippen molar-refractivity contribution in [3.8, 4) is 11.5 Å². The van der Waals surface area contributed by atoms with Crippen molar-refractivity contribution in [1.29, 1.82) is 0 Å². The Kier molecular flexibility index (Phi) is 4.79. The molecule has 0 heterocycles. The molecule has 0 fully saturated rings. The van der Waals surface area contributed by atoms with Gasteiger partial charge in [-0.25, -0.2) is 4.79 Å². The van der Waals surface area contributed by atoms with Crippen LogP contribution in [0.4, 0.5) is 0 Å². The van der Waals surface area contributed by atoms with Crippen LogP contribution in [0.25, 0.3) is 0 Å². The zero-order valence-corrected chi connectivity index (χ0v) is 11.5.